The number of amides is 1. The van der Waals surface area contributed by atoms with E-state index in [1.54, 1.807) is 7.11 Å². The average Bonchev–Trinajstić information content (AvgIpc) is 2.53. The van der Waals surface area contributed by atoms with Crippen molar-refractivity contribution in [1.82, 2.24) is 5.32 Å². The molecule has 0 atom stereocenters. The van der Waals surface area contributed by atoms with Crippen LogP contribution in [0.25, 0.3) is 0 Å². The summed E-state index contributed by atoms with van der Waals surface area (Å²) in [5.41, 5.74) is 2.00. The van der Waals surface area contributed by atoms with E-state index in [4.69, 9.17) is 4.74 Å². The Labute approximate surface area is 139 Å². The number of hydrogen-bond acceptors (Lipinski definition) is 3. The van der Waals surface area contributed by atoms with E-state index in [9.17, 15) is 4.79 Å². The van der Waals surface area contributed by atoms with Gasteiger partial charge in [-0.1, -0.05) is 40.2 Å². The number of para-hydroxylation sites is 1. The molecule has 0 aliphatic carbocycles. The Morgan fingerprint density at radius 3 is 2.77 bits per heavy atom. The number of carbonyl (C=O) groups excluding carboxylic acids is 1. The lowest BCUT2D eigenvalue weighted by atomic mass is 10.1. The maximum absolute atomic E-state index is 11.8. The van der Waals surface area contributed by atoms with E-state index in [1.165, 1.54) is 0 Å². The van der Waals surface area contributed by atoms with E-state index in [2.05, 4.69) is 26.6 Å². The molecule has 2 aromatic rings. The van der Waals surface area contributed by atoms with Crippen LogP contribution in [0.4, 0.5) is 5.69 Å². The van der Waals surface area contributed by atoms with Gasteiger partial charge in [-0.05, 0) is 36.2 Å². The first-order chi connectivity index (χ1) is 10.7. The van der Waals surface area contributed by atoms with Gasteiger partial charge < -0.3 is 15.4 Å². The number of methoxy groups -OCH3 is 1. The molecule has 0 spiro atoms. The summed E-state index contributed by atoms with van der Waals surface area (Å²) in [5, 5.41) is 5.99. The van der Waals surface area contributed by atoms with E-state index < -0.39 is 0 Å². The van der Waals surface area contributed by atoms with Gasteiger partial charge in [0, 0.05) is 16.7 Å². The molecule has 0 saturated carbocycles. The number of anilines is 1. The lowest BCUT2D eigenvalue weighted by Gasteiger charge is -2.10. The molecule has 5 heteroatoms. The molecule has 1 amide bonds. The Kier molecular flexibility index (Phi) is 6.27. The maximum Gasteiger partial charge on any atom is 0.239 e. The SMILES string of the molecule is COc1ccccc1CCNC(=O)CNc1cccc(Br)c1. The Morgan fingerprint density at radius 2 is 2.00 bits per heavy atom. The van der Waals surface area contributed by atoms with Crippen LogP contribution in [0, 0.1) is 0 Å². The smallest absolute Gasteiger partial charge is 0.239 e. The summed E-state index contributed by atoms with van der Waals surface area (Å²) in [7, 11) is 1.65. The van der Waals surface area contributed by atoms with Crippen molar-refractivity contribution in [3.05, 3.63) is 58.6 Å². The van der Waals surface area contributed by atoms with Crippen molar-refractivity contribution in [3.8, 4) is 5.75 Å². The van der Waals surface area contributed by atoms with Crippen molar-refractivity contribution in [3.63, 3.8) is 0 Å². The summed E-state index contributed by atoms with van der Waals surface area (Å²) in [5.74, 6) is 0.818. The van der Waals surface area contributed by atoms with Crippen LogP contribution in [0.2, 0.25) is 0 Å². The van der Waals surface area contributed by atoms with Gasteiger partial charge in [-0.3, -0.25) is 4.79 Å². The number of halogens is 1. The molecule has 0 bridgehead atoms. The first kappa shape index (κ1) is 16.4. The summed E-state index contributed by atoms with van der Waals surface area (Å²) < 4.78 is 6.27. The second-order valence-corrected chi connectivity index (χ2v) is 5.69. The third-order valence-corrected chi connectivity index (χ3v) is 3.68. The highest BCUT2D eigenvalue weighted by molar-refractivity contribution is 9.10. The number of hydrogen-bond donors (Lipinski definition) is 2. The third-order valence-electron chi connectivity index (χ3n) is 3.19. The molecule has 2 rings (SSSR count). The van der Waals surface area contributed by atoms with Gasteiger partial charge in [0.1, 0.15) is 5.75 Å². The highest BCUT2D eigenvalue weighted by atomic mass is 79.9. The number of rotatable bonds is 7. The van der Waals surface area contributed by atoms with Crippen LogP contribution in [0.5, 0.6) is 5.75 Å². The summed E-state index contributed by atoms with van der Waals surface area (Å²) in [6, 6.07) is 15.5. The fourth-order valence-corrected chi connectivity index (χ4v) is 2.49. The molecule has 0 saturated heterocycles. The minimum Gasteiger partial charge on any atom is -0.496 e. The van der Waals surface area contributed by atoms with Crippen molar-refractivity contribution in [2.24, 2.45) is 0 Å². The number of benzene rings is 2. The summed E-state index contributed by atoms with van der Waals surface area (Å²) >= 11 is 3.40. The number of nitrogens with one attached hydrogen (secondary N) is 2. The molecule has 2 N–H and O–H groups in total. The molecule has 0 aliphatic rings. The predicted molar refractivity (Wildman–Crippen MR) is 92.3 cm³/mol. The van der Waals surface area contributed by atoms with Crippen molar-refractivity contribution in [2.75, 3.05) is 25.5 Å². The van der Waals surface area contributed by atoms with E-state index in [0.29, 0.717) is 6.54 Å². The normalized spacial score (nSPS) is 10.1. The predicted octanol–water partition coefficient (Wildman–Crippen LogP) is 3.23. The van der Waals surface area contributed by atoms with Crippen LogP contribution in [0.1, 0.15) is 5.56 Å². The fraction of sp³-hybridized carbons (Fsp3) is 0.235. The molecule has 0 heterocycles. The molecular weight excluding hydrogens is 344 g/mol. The van der Waals surface area contributed by atoms with Gasteiger partial charge in [0.2, 0.25) is 5.91 Å². The molecule has 0 fully saturated rings. The van der Waals surface area contributed by atoms with Crippen LogP contribution in [-0.4, -0.2) is 26.1 Å². The molecule has 116 valence electrons. The zero-order valence-electron chi connectivity index (χ0n) is 12.4. The standard InChI is InChI=1S/C17H19BrN2O2/c1-22-16-8-3-2-5-13(16)9-10-19-17(21)12-20-15-7-4-6-14(18)11-15/h2-8,11,20H,9-10,12H2,1H3,(H,19,21). The van der Waals surface area contributed by atoms with Crippen LogP contribution in [0.3, 0.4) is 0 Å². The van der Waals surface area contributed by atoms with Gasteiger partial charge in [-0.15, -0.1) is 0 Å². The van der Waals surface area contributed by atoms with Crippen molar-refractivity contribution in [1.29, 1.82) is 0 Å². The van der Waals surface area contributed by atoms with E-state index in [-0.39, 0.29) is 12.5 Å². The lowest BCUT2D eigenvalue weighted by Crippen LogP contribution is -2.31. The zero-order valence-corrected chi connectivity index (χ0v) is 14.0. The molecule has 0 aliphatic heterocycles. The quantitative estimate of drug-likeness (QED) is 0.794. The van der Waals surface area contributed by atoms with Gasteiger partial charge in [0.05, 0.1) is 13.7 Å². The van der Waals surface area contributed by atoms with Crippen molar-refractivity contribution < 1.29 is 9.53 Å². The number of carbonyl (C=O) groups is 1. The molecule has 22 heavy (non-hydrogen) atoms. The molecular formula is C17H19BrN2O2. The van der Waals surface area contributed by atoms with Gasteiger partial charge in [-0.2, -0.15) is 0 Å². The Bertz CT molecular complexity index is 632. The minimum absolute atomic E-state index is 0.0325. The highest BCUT2D eigenvalue weighted by Gasteiger charge is 2.04. The molecule has 0 unspecified atom stereocenters. The second kappa shape index (κ2) is 8.44. The van der Waals surface area contributed by atoms with Gasteiger partial charge in [0.15, 0.2) is 0 Å². The molecule has 4 nitrogen and oxygen atoms in total. The molecule has 0 aromatic heterocycles. The second-order valence-electron chi connectivity index (χ2n) is 4.78. The lowest BCUT2D eigenvalue weighted by molar-refractivity contribution is -0.119. The summed E-state index contributed by atoms with van der Waals surface area (Å²) in [6.07, 6.45) is 0.743. The van der Waals surface area contributed by atoms with Crippen molar-refractivity contribution in [2.45, 2.75) is 6.42 Å². The Balaban J connectivity index is 1.74. The van der Waals surface area contributed by atoms with E-state index in [1.807, 2.05) is 48.5 Å². The average molecular weight is 363 g/mol. The van der Waals surface area contributed by atoms with Gasteiger partial charge >= 0.3 is 0 Å². The van der Waals surface area contributed by atoms with Crippen LogP contribution >= 0.6 is 15.9 Å². The van der Waals surface area contributed by atoms with E-state index >= 15 is 0 Å². The highest BCUT2D eigenvalue weighted by Crippen LogP contribution is 2.17. The summed E-state index contributed by atoms with van der Waals surface area (Å²) in [6.45, 7) is 0.835. The maximum atomic E-state index is 11.8. The van der Waals surface area contributed by atoms with Crippen LogP contribution in [0.15, 0.2) is 53.0 Å². The minimum atomic E-state index is -0.0325. The third kappa shape index (κ3) is 5.07. The first-order valence-electron chi connectivity index (χ1n) is 7.07. The largest absolute Gasteiger partial charge is 0.496 e. The van der Waals surface area contributed by atoms with Crippen molar-refractivity contribution >= 4 is 27.5 Å². The number of ether oxygens (including phenoxy) is 1. The van der Waals surface area contributed by atoms with Crippen LogP contribution < -0.4 is 15.4 Å². The van der Waals surface area contributed by atoms with E-state index in [0.717, 1.165) is 27.9 Å². The fourth-order valence-electron chi connectivity index (χ4n) is 2.09. The topological polar surface area (TPSA) is 50.4 Å². The summed E-state index contributed by atoms with van der Waals surface area (Å²) in [4.78, 5) is 11.8. The van der Waals surface area contributed by atoms with Crippen LogP contribution in [-0.2, 0) is 11.2 Å². The van der Waals surface area contributed by atoms with Gasteiger partial charge in [0.25, 0.3) is 0 Å². The Hall–Kier alpha value is -2.01. The molecule has 2 aromatic carbocycles. The zero-order chi connectivity index (χ0) is 15.8. The Morgan fingerprint density at radius 1 is 1.18 bits per heavy atom. The molecule has 0 radical (unpaired) electrons. The first-order valence-corrected chi connectivity index (χ1v) is 7.86. The monoisotopic (exact) mass is 362 g/mol. The van der Waals surface area contributed by atoms with Gasteiger partial charge in [-0.25, -0.2) is 0 Å².